The van der Waals surface area contributed by atoms with E-state index >= 15 is 0 Å². The Labute approximate surface area is 180 Å². The van der Waals surface area contributed by atoms with Gasteiger partial charge in [0.05, 0.1) is 21.9 Å². The van der Waals surface area contributed by atoms with Crippen LogP contribution < -0.4 is 10.1 Å². The Bertz CT molecular complexity index is 1110. The summed E-state index contributed by atoms with van der Waals surface area (Å²) in [5.74, 6) is 3.91. The number of nitrogens with zero attached hydrogens (tertiary/aromatic N) is 2. The average molecular weight is 418 g/mol. The number of ether oxygens (including phenoxy) is 1. The zero-order chi connectivity index (χ0) is 21.3. The maximum absolute atomic E-state index is 12.8. The molecular weight excluding hydrogens is 394 g/mol. The average Bonchev–Trinajstić information content (AvgIpc) is 2.99. The van der Waals surface area contributed by atoms with E-state index in [1.807, 2.05) is 74.0 Å². The molecule has 1 aliphatic heterocycles. The molecule has 5 nitrogen and oxygen atoms in total. The molecule has 0 spiro atoms. The molecule has 2 heterocycles. The van der Waals surface area contributed by atoms with Crippen LogP contribution in [0.25, 0.3) is 5.69 Å². The molecule has 0 unspecified atom stereocenters. The largest absolute Gasteiger partial charge is 0.481 e. The van der Waals surface area contributed by atoms with Gasteiger partial charge in [0.15, 0.2) is 0 Å². The van der Waals surface area contributed by atoms with Crippen molar-refractivity contribution in [2.45, 2.75) is 31.3 Å². The van der Waals surface area contributed by atoms with Crippen LogP contribution in [0.5, 0.6) is 5.75 Å². The fourth-order valence-electron chi connectivity index (χ4n) is 3.51. The smallest absolute Gasteiger partial charge is 0.238 e. The first-order chi connectivity index (χ1) is 14.5. The molecule has 0 radical (unpaired) electrons. The van der Waals surface area contributed by atoms with Gasteiger partial charge in [0.2, 0.25) is 5.91 Å². The summed E-state index contributed by atoms with van der Waals surface area (Å²) in [6, 6.07) is 16.0. The van der Waals surface area contributed by atoms with E-state index in [1.54, 1.807) is 11.8 Å². The van der Waals surface area contributed by atoms with Gasteiger partial charge in [-0.05, 0) is 50.6 Å². The number of hydrogen-bond acceptors (Lipinski definition) is 4. The Morgan fingerprint density at radius 1 is 1.17 bits per heavy atom. The molecule has 0 bridgehead atoms. The predicted octanol–water partition coefficient (Wildman–Crippen LogP) is 4.66. The van der Waals surface area contributed by atoms with Crippen LogP contribution in [0.15, 0.2) is 48.5 Å². The van der Waals surface area contributed by atoms with Crippen molar-refractivity contribution in [2.24, 2.45) is 0 Å². The van der Waals surface area contributed by atoms with Gasteiger partial charge in [-0.1, -0.05) is 35.7 Å². The normalized spacial score (nSPS) is 18.1. The highest BCUT2D eigenvalue weighted by molar-refractivity contribution is 8.01. The number of hydrogen-bond donors (Lipinski definition) is 1. The van der Waals surface area contributed by atoms with Crippen molar-refractivity contribution in [1.29, 1.82) is 0 Å². The molecule has 1 amide bonds. The Morgan fingerprint density at radius 2 is 1.87 bits per heavy atom. The molecular formula is C24H23N3O2S. The van der Waals surface area contributed by atoms with Crippen LogP contribution in [-0.4, -0.2) is 27.5 Å². The van der Waals surface area contributed by atoms with E-state index in [2.05, 4.69) is 11.2 Å². The third kappa shape index (κ3) is 3.81. The quantitative estimate of drug-likeness (QED) is 0.627. The predicted molar refractivity (Wildman–Crippen MR) is 121 cm³/mol. The molecule has 30 heavy (non-hydrogen) atoms. The molecule has 4 rings (SSSR count). The third-order valence-corrected chi connectivity index (χ3v) is 6.51. The van der Waals surface area contributed by atoms with Crippen molar-refractivity contribution in [3.8, 4) is 23.8 Å². The number of anilines is 1. The second kappa shape index (κ2) is 8.29. The van der Waals surface area contributed by atoms with Crippen LogP contribution in [0.4, 0.5) is 5.82 Å². The fraction of sp³-hybridized carbons (Fsp3) is 0.250. The lowest BCUT2D eigenvalue weighted by Gasteiger charge is -2.18. The standard InChI is InChI=1S/C24H23N3O2S/c1-5-14-29-20-12-8-18(9-13-20)22-21-16(3)26-27(19-10-6-15(2)7-11-19)23(21)25-24(28)17(4)30-22/h1,6-13,17,22H,14H2,2-4H3,(H,25,28)/t17-,22+/m0/s1. The molecule has 0 saturated carbocycles. The lowest BCUT2D eigenvalue weighted by atomic mass is 10.0. The molecule has 1 aliphatic rings. The van der Waals surface area contributed by atoms with E-state index in [-0.39, 0.29) is 23.0 Å². The number of amides is 1. The van der Waals surface area contributed by atoms with Crippen LogP contribution in [0.1, 0.15) is 34.6 Å². The van der Waals surface area contributed by atoms with E-state index in [1.165, 1.54) is 5.56 Å². The van der Waals surface area contributed by atoms with E-state index in [9.17, 15) is 4.79 Å². The van der Waals surface area contributed by atoms with Gasteiger partial charge in [-0.2, -0.15) is 5.10 Å². The summed E-state index contributed by atoms with van der Waals surface area (Å²) in [5.41, 5.74) is 5.10. The first-order valence-corrected chi connectivity index (χ1v) is 10.7. The minimum Gasteiger partial charge on any atom is -0.481 e. The number of carbonyl (C=O) groups excluding carboxylic acids is 1. The molecule has 2 aromatic carbocycles. The minimum atomic E-state index is -0.203. The van der Waals surface area contributed by atoms with Crippen LogP contribution in [0, 0.1) is 26.2 Å². The highest BCUT2D eigenvalue weighted by Crippen LogP contribution is 2.46. The summed E-state index contributed by atoms with van der Waals surface area (Å²) in [6.07, 6.45) is 5.27. The molecule has 1 N–H and O–H groups in total. The molecule has 1 aromatic heterocycles. The van der Waals surface area contributed by atoms with Crippen molar-refractivity contribution < 1.29 is 9.53 Å². The number of benzene rings is 2. The maximum atomic E-state index is 12.8. The number of rotatable bonds is 4. The SMILES string of the molecule is C#CCOc1ccc([C@H]2S[C@@H](C)C(=O)Nc3c2c(C)nn3-c2ccc(C)cc2)cc1. The second-order valence-electron chi connectivity index (χ2n) is 7.30. The summed E-state index contributed by atoms with van der Waals surface area (Å²) in [7, 11) is 0. The topological polar surface area (TPSA) is 56.1 Å². The lowest BCUT2D eigenvalue weighted by Crippen LogP contribution is -2.22. The Kier molecular flexibility index (Phi) is 5.56. The number of terminal acetylenes is 1. The molecule has 6 heteroatoms. The van der Waals surface area contributed by atoms with Crippen LogP contribution in [0.3, 0.4) is 0 Å². The molecule has 0 aliphatic carbocycles. The number of aromatic nitrogens is 2. The molecule has 2 atom stereocenters. The summed E-state index contributed by atoms with van der Waals surface area (Å²) >= 11 is 1.62. The maximum Gasteiger partial charge on any atom is 0.238 e. The zero-order valence-electron chi connectivity index (χ0n) is 17.2. The molecule has 3 aromatic rings. The fourth-order valence-corrected chi connectivity index (χ4v) is 4.83. The molecule has 152 valence electrons. The first-order valence-electron chi connectivity index (χ1n) is 9.77. The number of thioether (sulfide) groups is 1. The van der Waals surface area contributed by atoms with E-state index < -0.39 is 0 Å². The summed E-state index contributed by atoms with van der Waals surface area (Å²) in [4.78, 5) is 12.8. The number of nitrogens with one attached hydrogen (secondary N) is 1. The van der Waals surface area contributed by atoms with Gasteiger partial charge in [-0.3, -0.25) is 4.79 Å². The van der Waals surface area contributed by atoms with Crippen molar-refractivity contribution in [1.82, 2.24) is 9.78 Å². The van der Waals surface area contributed by atoms with Crippen molar-refractivity contribution in [3.05, 3.63) is 70.9 Å². The van der Waals surface area contributed by atoms with Crippen molar-refractivity contribution in [3.63, 3.8) is 0 Å². The lowest BCUT2D eigenvalue weighted by molar-refractivity contribution is -0.115. The number of fused-ring (bicyclic) bond motifs is 1. The van der Waals surface area contributed by atoms with Gasteiger partial charge in [0.1, 0.15) is 18.2 Å². The highest BCUT2D eigenvalue weighted by atomic mass is 32.2. The number of aryl methyl sites for hydroxylation is 2. The summed E-state index contributed by atoms with van der Waals surface area (Å²) in [6.45, 7) is 6.21. The zero-order valence-corrected chi connectivity index (χ0v) is 18.0. The molecule has 0 saturated heterocycles. The molecule has 0 fully saturated rings. The monoisotopic (exact) mass is 417 g/mol. The van der Waals surface area contributed by atoms with Gasteiger partial charge in [-0.25, -0.2) is 4.68 Å². The van der Waals surface area contributed by atoms with Gasteiger partial charge >= 0.3 is 0 Å². The van der Waals surface area contributed by atoms with Crippen molar-refractivity contribution >= 4 is 23.5 Å². The van der Waals surface area contributed by atoms with Gasteiger partial charge in [0, 0.05) is 5.56 Å². The Balaban J connectivity index is 1.79. The van der Waals surface area contributed by atoms with E-state index in [4.69, 9.17) is 16.3 Å². The van der Waals surface area contributed by atoms with Crippen LogP contribution in [-0.2, 0) is 4.79 Å². The van der Waals surface area contributed by atoms with Gasteiger partial charge in [0.25, 0.3) is 0 Å². The van der Waals surface area contributed by atoms with Gasteiger partial charge in [-0.15, -0.1) is 18.2 Å². The van der Waals surface area contributed by atoms with E-state index in [0.29, 0.717) is 0 Å². The van der Waals surface area contributed by atoms with Crippen LogP contribution >= 0.6 is 11.8 Å². The first kappa shape index (κ1) is 20.1. The Hall–Kier alpha value is -3.17. The number of carbonyl (C=O) groups is 1. The second-order valence-corrected chi connectivity index (χ2v) is 8.76. The Morgan fingerprint density at radius 3 is 2.53 bits per heavy atom. The summed E-state index contributed by atoms with van der Waals surface area (Å²) < 4.78 is 7.33. The summed E-state index contributed by atoms with van der Waals surface area (Å²) in [5, 5.41) is 7.64. The minimum absolute atomic E-state index is 0.0222. The third-order valence-electron chi connectivity index (χ3n) is 5.10. The van der Waals surface area contributed by atoms with E-state index in [0.717, 1.165) is 34.1 Å². The van der Waals surface area contributed by atoms with Crippen LogP contribution in [0.2, 0.25) is 0 Å². The van der Waals surface area contributed by atoms with Gasteiger partial charge < -0.3 is 10.1 Å². The highest BCUT2D eigenvalue weighted by Gasteiger charge is 2.34. The van der Waals surface area contributed by atoms with Crippen molar-refractivity contribution in [2.75, 3.05) is 11.9 Å².